The molecule has 2 heterocycles. The van der Waals surface area contributed by atoms with E-state index in [0.717, 1.165) is 17.7 Å². The summed E-state index contributed by atoms with van der Waals surface area (Å²) in [6, 6.07) is 8.16. The number of nitrogens with zero attached hydrogens (tertiary/aromatic N) is 2. The second-order valence-corrected chi connectivity index (χ2v) is 8.13. The molecule has 0 aliphatic rings. The molecule has 0 spiro atoms. The van der Waals surface area contributed by atoms with Crippen LogP contribution in [0.5, 0.6) is 0 Å². The van der Waals surface area contributed by atoms with Gasteiger partial charge in [0.2, 0.25) is 5.16 Å². The van der Waals surface area contributed by atoms with Crippen molar-refractivity contribution in [3.63, 3.8) is 0 Å². The largest absolute Gasteiger partial charge is 0.355 e. The third-order valence-corrected chi connectivity index (χ3v) is 5.75. The molecule has 0 saturated carbocycles. The van der Waals surface area contributed by atoms with Gasteiger partial charge in [0.1, 0.15) is 0 Å². The minimum Gasteiger partial charge on any atom is -0.355 e. The number of rotatable bonds is 7. The number of benzene rings is 1. The maximum atomic E-state index is 12.9. The number of Topliss-reactive ketones (excluding diaryl/α,β-unsaturated/α-hetero) is 2. The zero-order chi connectivity index (χ0) is 20.4. The number of nitrogens with one attached hydrogen (secondary N) is 2. The van der Waals surface area contributed by atoms with Crippen LogP contribution in [0, 0.1) is 13.8 Å². The summed E-state index contributed by atoms with van der Waals surface area (Å²) in [6.07, 6.45) is 0.986. The highest BCUT2D eigenvalue weighted by Gasteiger charge is 2.25. The summed E-state index contributed by atoms with van der Waals surface area (Å²) in [4.78, 5) is 32.3. The topological polar surface area (TPSA) is 91.5 Å². The summed E-state index contributed by atoms with van der Waals surface area (Å²) in [6.45, 7) is 9.06. The molecule has 1 aromatic carbocycles. The van der Waals surface area contributed by atoms with E-state index in [4.69, 9.17) is 0 Å². The molecule has 146 valence electrons. The molecule has 0 radical (unpaired) electrons. The van der Waals surface area contributed by atoms with Crippen LogP contribution in [0.25, 0.3) is 11.4 Å². The van der Waals surface area contributed by atoms with Gasteiger partial charge in [-0.05, 0) is 45.2 Å². The smallest absolute Gasteiger partial charge is 0.209 e. The minimum atomic E-state index is -0.386. The molecule has 3 rings (SSSR count). The van der Waals surface area contributed by atoms with Crippen LogP contribution in [-0.4, -0.2) is 37.0 Å². The quantitative estimate of drug-likeness (QED) is 0.452. The summed E-state index contributed by atoms with van der Waals surface area (Å²) >= 11 is 1.29. The van der Waals surface area contributed by atoms with E-state index in [9.17, 15) is 9.59 Å². The van der Waals surface area contributed by atoms with Gasteiger partial charge in [-0.25, -0.2) is 4.98 Å². The van der Waals surface area contributed by atoms with Crippen LogP contribution in [0.3, 0.4) is 0 Å². The third-order valence-electron chi connectivity index (χ3n) is 4.79. The molecule has 6 nitrogen and oxygen atoms in total. The Hall–Kier alpha value is -2.67. The SMILES string of the molecule is CCc1ccc(-c2nc(S[C@H](C)C(=O)c3[nH]c(C)c(C(C)=O)c3C)n[nH]2)cc1. The molecule has 0 aliphatic carbocycles. The fourth-order valence-electron chi connectivity index (χ4n) is 3.27. The first-order valence-electron chi connectivity index (χ1n) is 9.24. The number of hydrogen-bond acceptors (Lipinski definition) is 5. The van der Waals surface area contributed by atoms with Gasteiger partial charge in [-0.1, -0.05) is 43.0 Å². The molecule has 1 atom stereocenters. The highest BCUT2D eigenvalue weighted by molar-refractivity contribution is 8.00. The Kier molecular flexibility index (Phi) is 5.84. The Morgan fingerprint density at radius 2 is 1.86 bits per heavy atom. The van der Waals surface area contributed by atoms with Crippen LogP contribution in [0.15, 0.2) is 29.4 Å². The lowest BCUT2D eigenvalue weighted by atomic mass is 10.0. The van der Waals surface area contributed by atoms with Crippen LogP contribution in [-0.2, 0) is 6.42 Å². The molecule has 0 fully saturated rings. The molecule has 3 aromatic rings. The summed E-state index contributed by atoms with van der Waals surface area (Å²) < 4.78 is 0. The van der Waals surface area contributed by atoms with Gasteiger partial charge < -0.3 is 4.98 Å². The Morgan fingerprint density at radius 1 is 1.18 bits per heavy atom. The van der Waals surface area contributed by atoms with Crippen molar-refractivity contribution >= 4 is 23.3 Å². The van der Waals surface area contributed by atoms with E-state index in [1.165, 1.54) is 24.2 Å². The molecule has 2 aromatic heterocycles. The first-order chi connectivity index (χ1) is 13.3. The van der Waals surface area contributed by atoms with E-state index in [1.807, 2.05) is 26.0 Å². The van der Waals surface area contributed by atoms with Crippen LogP contribution >= 0.6 is 11.8 Å². The van der Waals surface area contributed by atoms with Crippen molar-refractivity contribution in [1.29, 1.82) is 0 Å². The van der Waals surface area contributed by atoms with E-state index in [2.05, 4.69) is 39.2 Å². The summed E-state index contributed by atoms with van der Waals surface area (Å²) in [5.74, 6) is 0.561. The zero-order valence-corrected chi connectivity index (χ0v) is 17.5. The fourth-order valence-corrected chi connectivity index (χ4v) is 4.05. The number of thioether (sulfide) groups is 1. The number of aromatic nitrogens is 4. The van der Waals surface area contributed by atoms with Crippen molar-refractivity contribution < 1.29 is 9.59 Å². The lowest BCUT2D eigenvalue weighted by Crippen LogP contribution is -2.15. The second-order valence-electron chi connectivity index (χ2n) is 6.82. The average molecular weight is 397 g/mol. The molecule has 0 bridgehead atoms. The highest BCUT2D eigenvalue weighted by Crippen LogP contribution is 2.27. The Morgan fingerprint density at radius 3 is 2.43 bits per heavy atom. The van der Waals surface area contributed by atoms with Gasteiger partial charge >= 0.3 is 0 Å². The van der Waals surface area contributed by atoms with E-state index in [1.54, 1.807) is 6.92 Å². The first kappa shape index (κ1) is 20.1. The number of ketones is 2. The Bertz CT molecular complexity index is 1020. The average Bonchev–Trinajstić information content (AvgIpc) is 3.25. The van der Waals surface area contributed by atoms with Crippen molar-refractivity contribution in [3.05, 3.63) is 52.3 Å². The molecular weight excluding hydrogens is 372 g/mol. The maximum Gasteiger partial charge on any atom is 0.209 e. The molecule has 0 saturated heterocycles. The van der Waals surface area contributed by atoms with Gasteiger partial charge in [0.15, 0.2) is 17.4 Å². The van der Waals surface area contributed by atoms with Crippen LogP contribution < -0.4 is 0 Å². The molecule has 28 heavy (non-hydrogen) atoms. The lowest BCUT2D eigenvalue weighted by molar-refractivity contribution is 0.0988. The van der Waals surface area contributed by atoms with Crippen molar-refractivity contribution in [2.45, 2.75) is 51.4 Å². The Balaban J connectivity index is 1.75. The monoisotopic (exact) mass is 396 g/mol. The molecule has 7 heteroatoms. The third kappa shape index (κ3) is 3.94. The molecule has 2 N–H and O–H groups in total. The predicted octanol–water partition coefficient (Wildman–Crippen LogP) is 4.55. The maximum absolute atomic E-state index is 12.9. The summed E-state index contributed by atoms with van der Waals surface area (Å²) in [7, 11) is 0. The number of aryl methyl sites for hydroxylation is 2. The fraction of sp³-hybridized carbons (Fsp3) is 0.333. The standard InChI is InChI=1S/C21H24N4O2S/c1-6-15-7-9-16(10-8-15)20-23-21(25-24-20)28-14(5)19(27)18-11(2)17(13(4)26)12(3)22-18/h7-10,14,22H,6H2,1-5H3,(H,23,24,25)/t14-/m1/s1. The number of carbonyl (C=O) groups is 2. The normalized spacial score (nSPS) is 12.2. The van der Waals surface area contributed by atoms with Crippen LogP contribution in [0.1, 0.15) is 58.4 Å². The van der Waals surface area contributed by atoms with Crippen molar-refractivity contribution in [2.24, 2.45) is 0 Å². The molecule has 0 aliphatic heterocycles. The van der Waals surface area contributed by atoms with Gasteiger partial charge in [0.05, 0.1) is 10.9 Å². The van der Waals surface area contributed by atoms with Gasteiger partial charge in [-0.3, -0.25) is 14.7 Å². The van der Waals surface area contributed by atoms with E-state index in [0.29, 0.717) is 27.8 Å². The summed E-state index contributed by atoms with van der Waals surface area (Å²) in [5.41, 5.74) is 4.72. The van der Waals surface area contributed by atoms with Gasteiger partial charge in [0.25, 0.3) is 0 Å². The second kappa shape index (κ2) is 8.14. The Labute approximate surface area is 168 Å². The highest BCUT2D eigenvalue weighted by atomic mass is 32.2. The molecular formula is C21H24N4O2S. The molecule has 0 unspecified atom stereocenters. The first-order valence-corrected chi connectivity index (χ1v) is 10.1. The zero-order valence-electron chi connectivity index (χ0n) is 16.7. The van der Waals surface area contributed by atoms with Crippen molar-refractivity contribution in [3.8, 4) is 11.4 Å². The van der Waals surface area contributed by atoms with Crippen molar-refractivity contribution in [1.82, 2.24) is 20.2 Å². The lowest BCUT2D eigenvalue weighted by Gasteiger charge is -2.07. The summed E-state index contributed by atoms with van der Waals surface area (Å²) in [5, 5.41) is 7.30. The van der Waals surface area contributed by atoms with Crippen LogP contribution in [0.4, 0.5) is 0 Å². The molecule has 0 amide bonds. The number of aromatic amines is 2. The van der Waals surface area contributed by atoms with E-state index in [-0.39, 0.29) is 16.8 Å². The van der Waals surface area contributed by atoms with E-state index < -0.39 is 0 Å². The van der Waals surface area contributed by atoms with Gasteiger partial charge in [-0.15, -0.1) is 5.10 Å². The number of hydrogen-bond donors (Lipinski definition) is 2. The number of carbonyl (C=O) groups excluding carboxylic acids is 2. The minimum absolute atomic E-state index is 0.0432. The van der Waals surface area contributed by atoms with E-state index >= 15 is 0 Å². The van der Waals surface area contributed by atoms with Crippen LogP contribution in [0.2, 0.25) is 0 Å². The van der Waals surface area contributed by atoms with Gasteiger partial charge in [0, 0.05) is 16.8 Å². The number of H-pyrrole nitrogens is 2. The van der Waals surface area contributed by atoms with Crippen molar-refractivity contribution in [2.75, 3.05) is 0 Å². The predicted molar refractivity (Wildman–Crippen MR) is 111 cm³/mol. The van der Waals surface area contributed by atoms with Gasteiger partial charge in [-0.2, -0.15) is 0 Å².